The summed E-state index contributed by atoms with van der Waals surface area (Å²) in [5.41, 5.74) is 5.53. The molecule has 3 N–H and O–H groups in total. The highest BCUT2D eigenvalue weighted by molar-refractivity contribution is 9.11. The lowest BCUT2D eigenvalue weighted by Crippen LogP contribution is -2.33. The predicted octanol–water partition coefficient (Wildman–Crippen LogP) is 2.10. The van der Waals surface area contributed by atoms with Crippen LogP contribution in [0, 0.1) is 0 Å². The van der Waals surface area contributed by atoms with E-state index in [9.17, 15) is 8.42 Å². The molecule has 0 saturated carbocycles. The molecule has 19 heavy (non-hydrogen) atoms. The predicted molar refractivity (Wildman–Crippen MR) is 88.7 cm³/mol. The van der Waals surface area contributed by atoms with Crippen LogP contribution in [0.3, 0.4) is 0 Å². The van der Waals surface area contributed by atoms with Crippen LogP contribution in [0.2, 0.25) is 0 Å². The van der Waals surface area contributed by atoms with Crippen LogP contribution in [0.25, 0.3) is 0 Å². The molecule has 2 rings (SSSR count). The van der Waals surface area contributed by atoms with E-state index in [4.69, 9.17) is 5.73 Å². The molecule has 1 aromatic heterocycles. The van der Waals surface area contributed by atoms with Crippen LogP contribution in [-0.2, 0) is 16.6 Å². The van der Waals surface area contributed by atoms with Crippen LogP contribution in [0.15, 0.2) is 14.7 Å². The van der Waals surface area contributed by atoms with Crippen molar-refractivity contribution < 1.29 is 8.42 Å². The molecule has 0 aliphatic carbocycles. The molecule has 9 heteroatoms. The van der Waals surface area contributed by atoms with Gasteiger partial charge in [-0.3, -0.25) is 0 Å². The summed E-state index contributed by atoms with van der Waals surface area (Å²) in [5.74, 6) is 3.26. The molecule has 108 valence electrons. The van der Waals surface area contributed by atoms with E-state index in [0.29, 0.717) is 27.0 Å². The first-order valence-corrected chi connectivity index (χ1v) is 11.0. The second-order valence-electron chi connectivity index (χ2n) is 3.97. The number of thioether (sulfide) groups is 2. The Balaban J connectivity index is 2.02. The van der Waals surface area contributed by atoms with Gasteiger partial charge in [0.1, 0.15) is 4.90 Å². The van der Waals surface area contributed by atoms with E-state index in [2.05, 4.69) is 20.7 Å². The summed E-state index contributed by atoms with van der Waals surface area (Å²) in [5, 5.41) is 0.361. The molecule has 1 aromatic rings. The van der Waals surface area contributed by atoms with Crippen molar-refractivity contribution in [2.24, 2.45) is 5.73 Å². The van der Waals surface area contributed by atoms with Crippen molar-refractivity contribution in [3.63, 3.8) is 0 Å². The smallest absolute Gasteiger partial charge is 0.242 e. The summed E-state index contributed by atoms with van der Waals surface area (Å²) >= 11 is 8.38. The Bertz CT molecular complexity index is 526. The number of sulfonamides is 1. The Morgan fingerprint density at radius 1 is 1.47 bits per heavy atom. The van der Waals surface area contributed by atoms with E-state index in [-0.39, 0.29) is 0 Å². The topological polar surface area (TPSA) is 72.2 Å². The van der Waals surface area contributed by atoms with Gasteiger partial charge in [-0.05, 0) is 22.0 Å². The first-order chi connectivity index (χ1) is 9.03. The van der Waals surface area contributed by atoms with Gasteiger partial charge in [-0.1, -0.05) is 0 Å². The molecule has 0 spiro atoms. The SMILES string of the molecule is NCc1cc(S(=O)(=O)NCC2CSCCS2)c(Br)s1. The maximum Gasteiger partial charge on any atom is 0.242 e. The van der Waals surface area contributed by atoms with Crippen molar-refractivity contribution in [3.05, 3.63) is 14.7 Å². The Morgan fingerprint density at radius 3 is 2.84 bits per heavy atom. The fraction of sp³-hybridized carbons (Fsp3) is 0.600. The quantitative estimate of drug-likeness (QED) is 0.788. The molecular weight excluding hydrogens is 388 g/mol. The van der Waals surface area contributed by atoms with Gasteiger partial charge in [0.25, 0.3) is 0 Å². The van der Waals surface area contributed by atoms with Crippen LogP contribution in [0.1, 0.15) is 4.88 Å². The molecule has 0 aromatic carbocycles. The van der Waals surface area contributed by atoms with E-state index in [1.807, 2.05) is 23.5 Å². The van der Waals surface area contributed by atoms with Crippen LogP contribution in [-0.4, -0.2) is 37.5 Å². The van der Waals surface area contributed by atoms with E-state index in [0.717, 1.165) is 22.1 Å². The Kier molecular flexibility index (Phi) is 6.07. The van der Waals surface area contributed by atoms with E-state index < -0.39 is 10.0 Å². The molecule has 0 bridgehead atoms. The van der Waals surface area contributed by atoms with Crippen molar-refractivity contribution in [2.45, 2.75) is 16.7 Å². The standard InChI is InChI=1S/C10H15BrN2O2S4/c11-10-9(3-7(4-12)18-10)19(14,15)13-5-8-6-16-1-2-17-8/h3,8,13H,1-2,4-6,12H2. The zero-order valence-electron chi connectivity index (χ0n) is 10.1. The van der Waals surface area contributed by atoms with Crippen molar-refractivity contribution >= 4 is 60.8 Å². The number of hydrogen-bond acceptors (Lipinski definition) is 6. The third kappa shape index (κ3) is 4.36. The zero-order valence-corrected chi connectivity index (χ0v) is 14.9. The number of nitrogens with two attached hydrogens (primary N) is 1. The van der Waals surface area contributed by atoms with Gasteiger partial charge in [-0.2, -0.15) is 23.5 Å². The van der Waals surface area contributed by atoms with Gasteiger partial charge in [0.2, 0.25) is 10.0 Å². The molecule has 4 nitrogen and oxygen atoms in total. The average Bonchev–Trinajstić information content (AvgIpc) is 2.80. The number of hydrogen-bond donors (Lipinski definition) is 2. The van der Waals surface area contributed by atoms with Gasteiger partial charge in [0.05, 0.1) is 3.79 Å². The minimum absolute atomic E-state index is 0.298. The summed E-state index contributed by atoms with van der Waals surface area (Å²) in [4.78, 5) is 1.15. The number of halogens is 1. The number of nitrogens with one attached hydrogen (secondary N) is 1. The van der Waals surface area contributed by atoms with Crippen LogP contribution >= 0.6 is 50.8 Å². The fourth-order valence-electron chi connectivity index (χ4n) is 1.62. The first kappa shape index (κ1) is 16.1. The lowest BCUT2D eigenvalue weighted by atomic mass is 10.5. The second kappa shape index (κ2) is 7.15. The van der Waals surface area contributed by atoms with Gasteiger partial charge in [-0.15, -0.1) is 11.3 Å². The molecule has 1 atom stereocenters. The van der Waals surface area contributed by atoms with Crippen molar-refractivity contribution in [3.8, 4) is 0 Å². The largest absolute Gasteiger partial charge is 0.326 e. The van der Waals surface area contributed by atoms with Crippen molar-refractivity contribution in [1.29, 1.82) is 0 Å². The van der Waals surface area contributed by atoms with Crippen molar-refractivity contribution in [2.75, 3.05) is 23.8 Å². The molecule has 1 saturated heterocycles. The molecular formula is C10H15BrN2O2S4. The molecule has 1 unspecified atom stereocenters. The van der Waals surface area contributed by atoms with Gasteiger partial charge in [0.15, 0.2) is 0 Å². The highest BCUT2D eigenvalue weighted by Crippen LogP contribution is 2.31. The van der Waals surface area contributed by atoms with Crippen molar-refractivity contribution in [1.82, 2.24) is 4.72 Å². The molecule has 0 radical (unpaired) electrons. The van der Waals surface area contributed by atoms with Gasteiger partial charge in [0, 0.05) is 40.5 Å². The fourth-order valence-corrected chi connectivity index (χ4v) is 7.97. The number of rotatable bonds is 5. The summed E-state index contributed by atoms with van der Waals surface area (Å²) in [6, 6.07) is 1.64. The lowest BCUT2D eigenvalue weighted by Gasteiger charge is -2.20. The minimum atomic E-state index is -3.44. The lowest BCUT2D eigenvalue weighted by molar-refractivity contribution is 0.581. The normalized spacial score (nSPS) is 20.6. The average molecular weight is 403 g/mol. The minimum Gasteiger partial charge on any atom is -0.326 e. The third-order valence-corrected chi connectivity index (χ3v) is 9.13. The van der Waals surface area contributed by atoms with Gasteiger partial charge in [-0.25, -0.2) is 13.1 Å². The van der Waals surface area contributed by atoms with Gasteiger partial charge < -0.3 is 5.73 Å². The van der Waals surface area contributed by atoms with E-state index >= 15 is 0 Å². The highest BCUT2D eigenvalue weighted by atomic mass is 79.9. The summed E-state index contributed by atoms with van der Waals surface area (Å²) in [7, 11) is -3.44. The molecule has 1 aliphatic rings. The van der Waals surface area contributed by atoms with E-state index in [1.54, 1.807) is 6.07 Å². The maximum absolute atomic E-state index is 12.2. The molecule has 1 fully saturated rings. The zero-order chi connectivity index (χ0) is 13.9. The van der Waals surface area contributed by atoms with Crippen LogP contribution < -0.4 is 10.5 Å². The second-order valence-corrected chi connectivity index (χ2v) is 10.7. The summed E-state index contributed by atoms with van der Waals surface area (Å²) in [6.07, 6.45) is 0. The molecule has 1 aliphatic heterocycles. The Hall–Kier alpha value is 0.750. The third-order valence-electron chi connectivity index (χ3n) is 2.58. The van der Waals surface area contributed by atoms with E-state index in [1.165, 1.54) is 11.3 Å². The molecule has 2 heterocycles. The highest BCUT2D eigenvalue weighted by Gasteiger charge is 2.23. The molecule has 0 amide bonds. The van der Waals surface area contributed by atoms with Crippen LogP contribution in [0.4, 0.5) is 0 Å². The maximum atomic E-state index is 12.2. The Labute approximate surface area is 134 Å². The number of thiophene rings is 1. The van der Waals surface area contributed by atoms with Gasteiger partial charge >= 0.3 is 0 Å². The first-order valence-electron chi connectivity index (χ1n) is 5.70. The summed E-state index contributed by atoms with van der Waals surface area (Å²) < 4.78 is 27.8. The Morgan fingerprint density at radius 2 is 2.26 bits per heavy atom. The van der Waals surface area contributed by atoms with Crippen LogP contribution in [0.5, 0.6) is 0 Å². The monoisotopic (exact) mass is 402 g/mol. The summed E-state index contributed by atoms with van der Waals surface area (Å²) in [6.45, 7) is 0.841.